The van der Waals surface area contributed by atoms with E-state index in [9.17, 15) is 4.79 Å². The SMILES string of the molecule is COc1ccc(C(=O)NNC2=C[C@@H](c3ccccc3)CC(c3ccccc3)=C2)cc1. The molecule has 3 aromatic rings. The Morgan fingerprint density at radius 3 is 2.23 bits per heavy atom. The average Bonchev–Trinajstić information content (AvgIpc) is 2.83. The average molecular weight is 396 g/mol. The molecule has 2 N–H and O–H groups in total. The highest BCUT2D eigenvalue weighted by atomic mass is 16.5. The largest absolute Gasteiger partial charge is 0.497 e. The molecular formula is C26H24N2O2. The minimum atomic E-state index is -0.199. The van der Waals surface area contributed by atoms with Crippen LogP contribution in [0.1, 0.15) is 33.8 Å². The third-order valence-corrected chi connectivity index (χ3v) is 5.20. The number of methoxy groups -OCH3 is 1. The van der Waals surface area contributed by atoms with Gasteiger partial charge in [0.1, 0.15) is 5.75 Å². The first kappa shape index (κ1) is 19.5. The second-order valence-corrected chi connectivity index (χ2v) is 7.19. The van der Waals surface area contributed by atoms with Gasteiger partial charge in [-0.25, -0.2) is 0 Å². The molecule has 1 atom stereocenters. The fraction of sp³-hybridized carbons (Fsp3) is 0.115. The van der Waals surface area contributed by atoms with Gasteiger partial charge < -0.3 is 4.74 Å². The molecule has 4 nitrogen and oxygen atoms in total. The molecule has 3 aromatic carbocycles. The van der Waals surface area contributed by atoms with Crippen LogP contribution in [0, 0.1) is 0 Å². The number of allylic oxidation sites excluding steroid dienone is 3. The van der Waals surface area contributed by atoms with E-state index in [1.165, 1.54) is 16.7 Å². The van der Waals surface area contributed by atoms with Crippen LogP contribution >= 0.6 is 0 Å². The van der Waals surface area contributed by atoms with Crippen LogP contribution in [0.3, 0.4) is 0 Å². The normalized spacial score (nSPS) is 15.6. The maximum Gasteiger partial charge on any atom is 0.269 e. The Hall–Kier alpha value is -3.79. The molecule has 0 saturated heterocycles. The van der Waals surface area contributed by atoms with Crippen LogP contribution in [0.15, 0.2) is 103 Å². The van der Waals surface area contributed by atoms with E-state index in [2.05, 4.69) is 59.4 Å². The highest BCUT2D eigenvalue weighted by Gasteiger charge is 2.18. The van der Waals surface area contributed by atoms with Gasteiger partial charge in [0.25, 0.3) is 5.91 Å². The second kappa shape index (κ2) is 9.14. The fourth-order valence-corrected chi connectivity index (χ4v) is 3.60. The summed E-state index contributed by atoms with van der Waals surface area (Å²) in [6.45, 7) is 0. The van der Waals surface area contributed by atoms with E-state index in [-0.39, 0.29) is 11.8 Å². The van der Waals surface area contributed by atoms with Crippen molar-refractivity contribution in [2.45, 2.75) is 12.3 Å². The minimum Gasteiger partial charge on any atom is -0.497 e. The number of carbonyl (C=O) groups is 1. The second-order valence-electron chi connectivity index (χ2n) is 7.19. The van der Waals surface area contributed by atoms with E-state index < -0.39 is 0 Å². The molecule has 150 valence electrons. The van der Waals surface area contributed by atoms with Crippen LogP contribution in [-0.4, -0.2) is 13.0 Å². The molecule has 0 unspecified atom stereocenters. The van der Waals surface area contributed by atoms with Gasteiger partial charge in [0.05, 0.1) is 12.8 Å². The highest BCUT2D eigenvalue weighted by molar-refractivity contribution is 5.94. The van der Waals surface area contributed by atoms with Crippen LogP contribution in [0.5, 0.6) is 5.75 Å². The highest BCUT2D eigenvalue weighted by Crippen LogP contribution is 2.35. The third-order valence-electron chi connectivity index (χ3n) is 5.20. The molecule has 1 aliphatic rings. The van der Waals surface area contributed by atoms with E-state index >= 15 is 0 Å². The fourth-order valence-electron chi connectivity index (χ4n) is 3.60. The molecule has 0 radical (unpaired) electrons. The number of hydrogen-bond acceptors (Lipinski definition) is 3. The number of hydrogen-bond donors (Lipinski definition) is 2. The first-order valence-electron chi connectivity index (χ1n) is 9.96. The lowest BCUT2D eigenvalue weighted by Crippen LogP contribution is -2.37. The Bertz CT molecular complexity index is 1060. The Morgan fingerprint density at radius 1 is 0.900 bits per heavy atom. The lowest BCUT2D eigenvalue weighted by Gasteiger charge is -2.23. The summed E-state index contributed by atoms with van der Waals surface area (Å²) in [6.07, 6.45) is 5.17. The van der Waals surface area contributed by atoms with Gasteiger partial charge in [-0.3, -0.25) is 15.6 Å². The van der Waals surface area contributed by atoms with E-state index in [4.69, 9.17) is 4.74 Å². The van der Waals surface area contributed by atoms with Gasteiger partial charge in [0, 0.05) is 11.5 Å². The van der Waals surface area contributed by atoms with Gasteiger partial charge in [-0.2, -0.15) is 0 Å². The Labute approximate surface area is 176 Å². The van der Waals surface area contributed by atoms with Gasteiger partial charge in [-0.1, -0.05) is 66.7 Å². The number of hydrazine groups is 1. The molecule has 0 bridgehead atoms. The van der Waals surface area contributed by atoms with Crippen molar-refractivity contribution in [3.8, 4) is 5.75 Å². The van der Waals surface area contributed by atoms with Crippen molar-refractivity contribution in [2.75, 3.05) is 7.11 Å². The zero-order chi connectivity index (χ0) is 20.8. The van der Waals surface area contributed by atoms with Crippen molar-refractivity contribution in [2.24, 2.45) is 0 Å². The number of rotatable bonds is 6. The van der Waals surface area contributed by atoms with E-state index in [1.54, 1.807) is 31.4 Å². The van der Waals surface area contributed by atoms with E-state index in [1.807, 2.05) is 24.3 Å². The predicted octanol–water partition coefficient (Wildman–Crippen LogP) is 5.08. The number of benzene rings is 3. The Kier molecular flexibility index (Phi) is 5.95. The minimum absolute atomic E-state index is 0.199. The molecule has 30 heavy (non-hydrogen) atoms. The van der Waals surface area contributed by atoms with Crippen molar-refractivity contribution >= 4 is 11.5 Å². The molecular weight excluding hydrogens is 372 g/mol. The summed E-state index contributed by atoms with van der Waals surface area (Å²) in [4.78, 5) is 12.5. The molecule has 4 heteroatoms. The summed E-state index contributed by atoms with van der Waals surface area (Å²) in [5.41, 5.74) is 11.0. The van der Waals surface area contributed by atoms with Gasteiger partial charge in [-0.15, -0.1) is 0 Å². The zero-order valence-electron chi connectivity index (χ0n) is 16.8. The van der Waals surface area contributed by atoms with Crippen molar-refractivity contribution in [1.82, 2.24) is 10.9 Å². The quantitative estimate of drug-likeness (QED) is 0.571. The van der Waals surface area contributed by atoms with Crippen molar-refractivity contribution in [3.63, 3.8) is 0 Å². The summed E-state index contributed by atoms with van der Waals surface area (Å²) < 4.78 is 5.15. The number of amides is 1. The number of ether oxygens (including phenoxy) is 1. The van der Waals surface area contributed by atoms with Gasteiger partial charge in [-0.05, 0) is 53.5 Å². The molecule has 1 aliphatic carbocycles. The van der Waals surface area contributed by atoms with Gasteiger partial charge >= 0.3 is 0 Å². The first-order valence-corrected chi connectivity index (χ1v) is 9.96. The van der Waals surface area contributed by atoms with Gasteiger partial charge in [0.15, 0.2) is 0 Å². The lowest BCUT2D eigenvalue weighted by molar-refractivity contribution is 0.0939. The van der Waals surface area contributed by atoms with Crippen LogP contribution in [-0.2, 0) is 0 Å². The van der Waals surface area contributed by atoms with Gasteiger partial charge in [0.2, 0.25) is 0 Å². The van der Waals surface area contributed by atoms with Crippen molar-refractivity contribution < 1.29 is 9.53 Å². The summed E-state index contributed by atoms with van der Waals surface area (Å²) in [5.74, 6) is 0.748. The monoisotopic (exact) mass is 396 g/mol. The molecule has 4 rings (SSSR count). The smallest absolute Gasteiger partial charge is 0.269 e. The van der Waals surface area contributed by atoms with Crippen LogP contribution < -0.4 is 15.6 Å². The number of nitrogens with one attached hydrogen (secondary N) is 2. The topological polar surface area (TPSA) is 50.4 Å². The van der Waals surface area contributed by atoms with Crippen LogP contribution in [0.25, 0.3) is 5.57 Å². The van der Waals surface area contributed by atoms with Crippen molar-refractivity contribution in [3.05, 3.63) is 119 Å². The molecule has 0 heterocycles. The van der Waals surface area contributed by atoms with Crippen LogP contribution in [0.2, 0.25) is 0 Å². The maximum absolute atomic E-state index is 12.5. The van der Waals surface area contributed by atoms with E-state index in [0.29, 0.717) is 5.56 Å². The Balaban J connectivity index is 1.54. The summed E-state index contributed by atoms with van der Waals surface area (Å²) >= 11 is 0. The summed E-state index contributed by atoms with van der Waals surface area (Å²) in [7, 11) is 1.60. The van der Waals surface area contributed by atoms with E-state index in [0.717, 1.165) is 17.9 Å². The molecule has 0 aliphatic heterocycles. The third kappa shape index (κ3) is 4.61. The molecule has 0 saturated carbocycles. The molecule has 0 spiro atoms. The Morgan fingerprint density at radius 2 is 1.57 bits per heavy atom. The van der Waals surface area contributed by atoms with Crippen molar-refractivity contribution in [1.29, 1.82) is 0 Å². The van der Waals surface area contributed by atoms with Crippen LogP contribution in [0.4, 0.5) is 0 Å². The summed E-state index contributed by atoms with van der Waals surface area (Å²) in [5, 5.41) is 0. The first-order chi connectivity index (χ1) is 14.7. The maximum atomic E-state index is 12.5. The molecule has 0 fully saturated rings. The lowest BCUT2D eigenvalue weighted by atomic mass is 9.84. The standard InChI is InChI=1S/C26H24N2O2/c1-30-25-14-12-21(13-15-25)26(29)28-27-24-17-22(19-8-4-2-5-9-19)16-23(18-24)20-10-6-3-7-11-20/h2-15,17-18,22,27H,16H2,1H3,(H,28,29)/t22-/m0/s1. The molecule has 0 aromatic heterocycles. The predicted molar refractivity (Wildman–Crippen MR) is 120 cm³/mol. The number of carbonyl (C=O) groups excluding carboxylic acids is 1. The zero-order valence-corrected chi connectivity index (χ0v) is 16.8. The summed E-state index contributed by atoms with van der Waals surface area (Å²) in [6, 6.07) is 27.8. The molecule has 1 amide bonds.